The lowest BCUT2D eigenvalue weighted by atomic mass is 9.86. The second kappa shape index (κ2) is 5.44. The van der Waals surface area contributed by atoms with Gasteiger partial charge in [0.15, 0.2) is 0 Å². The Morgan fingerprint density at radius 1 is 1.44 bits per heavy atom. The zero-order valence-electron chi connectivity index (χ0n) is 10.3. The average Bonchev–Trinajstić information content (AvgIpc) is 2.15. The first kappa shape index (κ1) is 13.2. The van der Waals surface area contributed by atoms with Gasteiger partial charge in [-0.2, -0.15) is 0 Å². The standard InChI is InChI=1S/C14H21FO/c1-4-11(2)9-14(3,16)10-12-6-5-7-13(15)8-12/h5-8,11,16H,4,9-10H2,1-3H3. The summed E-state index contributed by atoms with van der Waals surface area (Å²) in [6.45, 7) is 6.06. The molecule has 16 heavy (non-hydrogen) atoms. The SMILES string of the molecule is CCC(C)CC(C)(O)Cc1cccc(F)c1. The van der Waals surface area contributed by atoms with Crippen LogP contribution in [0.15, 0.2) is 24.3 Å². The van der Waals surface area contributed by atoms with Gasteiger partial charge in [0.1, 0.15) is 5.82 Å². The van der Waals surface area contributed by atoms with Gasteiger partial charge in [0.2, 0.25) is 0 Å². The second-order valence-corrected chi connectivity index (χ2v) is 5.02. The lowest BCUT2D eigenvalue weighted by Gasteiger charge is -2.26. The van der Waals surface area contributed by atoms with E-state index in [4.69, 9.17) is 0 Å². The molecule has 2 unspecified atom stereocenters. The number of hydrogen-bond donors (Lipinski definition) is 1. The van der Waals surface area contributed by atoms with Crippen LogP contribution in [0.5, 0.6) is 0 Å². The molecule has 0 aliphatic rings. The van der Waals surface area contributed by atoms with Crippen LogP contribution in [0, 0.1) is 11.7 Å². The Morgan fingerprint density at radius 2 is 2.12 bits per heavy atom. The lowest BCUT2D eigenvalue weighted by Crippen LogP contribution is -2.29. The van der Waals surface area contributed by atoms with Crippen LogP contribution in [0.3, 0.4) is 0 Å². The van der Waals surface area contributed by atoms with Crippen molar-refractivity contribution in [1.82, 2.24) is 0 Å². The number of halogens is 1. The summed E-state index contributed by atoms with van der Waals surface area (Å²) in [5, 5.41) is 10.2. The molecule has 1 nitrogen and oxygen atoms in total. The van der Waals surface area contributed by atoms with E-state index in [1.165, 1.54) is 12.1 Å². The molecule has 0 fully saturated rings. The summed E-state index contributed by atoms with van der Waals surface area (Å²) in [6, 6.07) is 6.45. The van der Waals surface area contributed by atoms with Crippen LogP contribution in [-0.4, -0.2) is 10.7 Å². The van der Waals surface area contributed by atoms with E-state index < -0.39 is 5.60 Å². The molecule has 1 aromatic rings. The van der Waals surface area contributed by atoms with Crippen molar-refractivity contribution >= 4 is 0 Å². The Kier molecular flexibility index (Phi) is 4.48. The molecule has 0 heterocycles. The topological polar surface area (TPSA) is 20.2 Å². The van der Waals surface area contributed by atoms with Crippen molar-refractivity contribution in [3.63, 3.8) is 0 Å². The van der Waals surface area contributed by atoms with Gasteiger partial charge < -0.3 is 5.11 Å². The largest absolute Gasteiger partial charge is 0.390 e. The molecule has 1 aromatic carbocycles. The van der Waals surface area contributed by atoms with Crippen molar-refractivity contribution in [2.24, 2.45) is 5.92 Å². The first-order valence-electron chi connectivity index (χ1n) is 5.90. The highest BCUT2D eigenvalue weighted by Gasteiger charge is 2.23. The third kappa shape index (κ3) is 4.31. The van der Waals surface area contributed by atoms with Gasteiger partial charge in [-0.1, -0.05) is 32.4 Å². The molecule has 0 aliphatic carbocycles. The molecule has 0 saturated heterocycles. The minimum absolute atomic E-state index is 0.239. The van der Waals surface area contributed by atoms with Gasteiger partial charge in [-0.3, -0.25) is 0 Å². The van der Waals surface area contributed by atoms with E-state index in [-0.39, 0.29) is 5.82 Å². The Hall–Kier alpha value is -0.890. The van der Waals surface area contributed by atoms with Gasteiger partial charge in [0, 0.05) is 6.42 Å². The van der Waals surface area contributed by atoms with Crippen LogP contribution in [-0.2, 0) is 6.42 Å². The first-order chi connectivity index (χ1) is 7.43. The fourth-order valence-corrected chi connectivity index (χ4v) is 2.05. The Bertz CT molecular complexity index is 333. The summed E-state index contributed by atoms with van der Waals surface area (Å²) in [6.07, 6.45) is 2.31. The zero-order valence-corrected chi connectivity index (χ0v) is 10.3. The summed E-state index contributed by atoms with van der Waals surface area (Å²) in [4.78, 5) is 0. The molecule has 2 heteroatoms. The summed E-state index contributed by atoms with van der Waals surface area (Å²) in [5.74, 6) is 0.250. The van der Waals surface area contributed by atoms with Gasteiger partial charge in [-0.05, 0) is 37.0 Å². The van der Waals surface area contributed by atoms with Gasteiger partial charge in [-0.25, -0.2) is 4.39 Å². The highest BCUT2D eigenvalue weighted by molar-refractivity contribution is 5.18. The number of hydrogen-bond acceptors (Lipinski definition) is 1. The number of benzene rings is 1. The fraction of sp³-hybridized carbons (Fsp3) is 0.571. The third-order valence-corrected chi connectivity index (χ3v) is 2.96. The van der Waals surface area contributed by atoms with Gasteiger partial charge in [0.25, 0.3) is 0 Å². The van der Waals surface area contributed by atoms with Crippen molar-refractivity contribution in [3.05, 3.63) is 35.6 Å². The van der Waals surface area contributed by atoms with Gasteiger partial charge in [0.05, 0.1) is 5.60 Å². The molecule has 90 valence electrons. The van der Waals surface area contributed by atoms with Crippen LogP contribution in [0.1, 0.15) is 39.2 Å². The predicted octanol–water partition coefficient (Wildman–Crippen LogP) is 3.56. The van der Waals surface area contributed by atoms with Crippen molar-refractivity contribution in [2.45, 2.75) is 45.6 Å². The molecule has 0 aromatic heterocycles. The molecular formula is C14H21FO. The maximum Gasteiger partial charge on any atom is 0.123 e. The summed E-state index contributed by atoms with van der Waals surface area (Å²) in [5.41, 5.74) is 0.108. The van der Waals surface area contributed by atoms with Crippen LogP contribution < -0.4 is 0 Å². The average molecular weight is 224 g/mol. The number of aliphatic hydroxyl groups is 1. The maximum absolute atomic E-state index is 13.0. The van der Waals surface area contributed by atoms with E-state index in [0.717, 1.165) is 18.4 Å². The minimum atomic E-state index is -0.747. The molecule has 1 N–H and O–H groups in total. The lowest BCUT2D eigenvalue weighted by molar-refractivity contribution is 0.0359. The third-order valence-electron chi connectivity index (χ3n) is 2.96. The molecule has 0 radical (unpaired) electrons. The summed E-state index contributed by atoms with van der Waals surface area (Å²) < 4.78 is 13.0. The minimum Gasteiger partial charge on any atom is -0.390 e. The zero-order chi connectivity index (χ0) is 12.2. The normalized spacial score (nSPS) is 16.8. The first-order valence-corrected chi connectivity index (χ1v) is 5.90. The van der Waals surface area contributed by atoms with Crippen molar-refractivity contribution in [1.29, 1.82) is 0 Å². The van der Waals surface area contributed by atoms with Crippen LogP contribution in [0.4, 0.5) is 4.39 Å². The Balaban J connectivity index is 2.65. The van der Waals surface area contributed by atoms with Crippen LogP contribution in [0.25, 0.3) is 0 Å². The molecule has 0 saturated carbocycles. The van der Waals surface area contributed by atoms with E-state index in [1.54, 1.807) is 6.07 Å². The second-order valence-electron chi connectivity index (χ2n) is 5.02. The van der Waals surface area contributed by atoms with E-state index in [1.807, 2.05) is 13.0 Å². The van der Waals surface area contributed by atoms with Crippen molar-refractivity contribution < 1.29 is 9.50 Å². The summed E-state index contributed by atoms with van der Waals surface area (Å²) >= 11 is 0. The molecule has 2 atom stereocenters. The van der Waals surface area contributed by atoms with E-state index in [0.29, 0.717) is 12.3 Å². The quantitative estimate of drug-likeness (QED) is 0.811. The summed E-state index contributed by atoms with van der Waals surface area (Å²) in [7, 11) is 0. The highest BCUT2D eigenvalue weighted by Crippen LogP contribution is 2.23. The van der Waals surface area contributed by atoms with Crippen molar-refractivity contribution in [2.75, 3.05) is 0 Å². The molecule has 1 rings (SSSR count). The van der Waals surface area contributed by atoms with E-state index in [2.05, 4.69) is 13.8 Å². The van der Waals surface area contributed by atoms with E-state index >= 15 is 0 Å². The van der Waals surface area contributed by atoms with E-state index in [9.17, 15) is 9.50 Å². The van der Waals surface area contributed by atoms with Crippen LogP contribution in [0.2, 0.25) is 0 Å². The molecular weight excluding hydrogens is 203 g/mol. The highest BCUT2D eigenvalue weighted by atomic mass is 19.1. The maximum atomic E-state index is 13.0. The number of rotatable bonds is 5. The molecule has 0 spiro atoms. The Morgan fingerprint density at radius 3 is 2.69 bits per heavy atom. The monoisotopic (exact) mass is 224 g/mol. The molecule has 0 aliphatic heterocycles. The predicted molar refractivity (Wildman–Crippen MR) is 64.8 cm³/mol. The molecule has 0 bridgehead atoms. The van der Waals surface area contributed by atoms with Crippen molar-refractivity contribution in [3.8, 4) is 0 Å². The van der Waals surface area contributed by atoms with Gasteiger partial charge >= 0.3 is 0 Å². The van der Waals surface area contributed by atoms with Crippen LogP contribution >= 0.6 is 0 Å². The van der Waals surface area contributed by atoms with Gasteiger partial charge in [-0.15, -0.1) is 0 Å². The Labute approximate surface area is 97.3 Å². The smallest absolute Gasteiger partial charge is 0.123 e. The molecule has 0 amide bonds. The fourth-order valence-electron chi connectivity index (χ4n) is 2.05.